The maximum absolute atomic E-state index is 13.6. The molecule has 4 rings (SSSR count). The summed E-state index contributed by atoms with van der Waals surface area (Å²) in [6, 6.07) is 16.2. The Bertz CT molecular complexity index is 1080. The fourth-order valence-electron chi connectivity index (χ4n) is 4.45. The molecule has 0 bridgehead atoms. The number of fused-ring (bicyclic) bond motifs is 1. The summed E-state index contributed by atoms with van der Waals surface area (Å²) in [6.07, 6.45) is 3.26. The highest BCUT2D eigenvalue weighted by molar-refractivity contribution is 7.94. The van der Waals surface area contributed by atoms with Crippen molar-refractivity contribution in [3.05, 3.63) is 78.4 Å². The van der Waals surface area contributed by atoms with Gasteiger partial charge in [-0.25, -0.2) is 9.59 Å². The summed E-state index contributed by atoms with van der Waals surface area (Å²) in [6.45, 7) is 0.0130. The number of hydrogen-bond acceptors (Lipinski definition) is 6. The number of methoxy groups -OCH3 is 1. The molecule has 5 unspecified atom stereocenters. The maximum Gasteiger partial charge on any atom is 0.336 e. The van der Waals surface area contributed by atoms with Crippen molar-refractivity contribution in [1.82, 2.24) is 4.90 Å². The summed E-state index contributed by atoms with van der Waals surface area (Å²) >= 11 is 5.19. The minimum Gasteiger partial charge on any atom is -0.610 e. The second kappa shape index (κ2) is 10.2. The molecule has 0 N–H and O–H groups in total. The molecule has 2 saturated heterocycles. The zero-order chi connectivity index (χ0) is 24.3. The highest BCUT2D eigenvalue weighted by Gasteiger charge is 2.71. The van der Waals surface area contributed by atoms with E-state index in [2.05, 4.69) is 4.74 Å². The third-order valence-corrected chi connectivity index (χ3v) is 8.61. The van der Waals surface area contributed by atoms with Gasteiger partial charge in [0.15, 0.2) is 10.9 Å². The van der Waals surface area contributed by atoms with Gasteiger partial charge in [-0.05, 0) is 24.1 Å². The van der Waals surface area contributed by atoms with Crippen molar-refractivity contribution in [2.75, 3.05) is 7.11 Å². The molecule has 0 aromatic heterocycles. The number of benzene rings is 2. The summed E-state index contributed by atoms with van der Waals surface area (Å²) in [5.74, 6) is -1.97. The van der Waals surface area contributed by atoms with Gasteiger partial charge in [-0.1, -0.05) is 66.2 Å². The molecular formula is C25H24ClNO6S. The molecule has 2 heterocycles. The zero-order valence-electron chi connectivity index (χ0n) is 18.5. The number of esters is 2. The highest BCUT2D eigenvalue weighted by Crippen LogP contribution is 2.53. The van der Waals surface area contributed by atoms with E-state index in [9.17, 15) is 18.9 Å². The van der Waals surface area contributed by atoms with Crippen LogP contribution in [0.15, 0.2) is 77.7 Å². The molecule has 0 saturated carbocycles. The first-order valence-electron chi connectivity index (χ1n) is 10.8. The molecule has 0 spiro atoms. The van der Waals surface area contributed by atoms with Crippen LogP contribution >= 0.6 is 11.6 Å². The molecule has 2 fully saturated rings. The first-order valence-corrected chi connectivity index (χ1v) is 12.3. The molecular weight excluding hydrogens is 478 g/mol. The van der Waals surface area contributed by atoms with Crippen molar-refractivity contribution < 1.29 is 28.4 Å². The van der Waals surface area contributed by atoms with E-state index < -0.39 is 45.3 Å². The Morgan fingerprint density at radius 1 is 1.18 bits per heavy atom. The van der Waals surface area contributed by atoms with Gasteiger partial charge in [0.2, 0.25) is 10.1 Å². The molecule has 2 aromatic carbocycles. The van der Waals surface area contributed by atoms with Gasteiger partial charge < -0.3 is 18.9 Å². The lowest BCUT2D eigenvalue weighted by molar-refractivity contribution is -0.167. The van der Waals surface area contributed by atoms with Crippen molar-refractivity contribution in [2.24, 2.45) is 5.92 Å². The van der Waals surface area contributed by atoms with E-state index in [1.165, 1.54) is 18.1 Å². The largest absolute Gasteiger partial charge is 0.610 e. The van der Waals surface area contributed by atoms with Crippen LogP contribution < -0.4 is 0 Å². The normalized spacial score (nSPS) is 26.6. The van der Waals surface area contributed by atoms with Crippen LogP contribution in [0.4, 0.5) is 0 Å². The lowest BCUT2D eigenvalue weighted by Crippen LogP contribution is -2.63. The molecule has 2 aromatic rings. The number of carbonyl (C=O) groups is 3. The van der Waals surface area contributed by atoms with Crippen molar-refractivity contribution in [3.63, 3.8) is 0 Å². The molecule has 0 radical (unpaired) electrons. The number of amides is 1. The summed E-state index contributed by atoms with van der Waals surface area (Å²) in [5.41, 5.74) is 0.788. The van der Waals surface area contributed by atoms with E-state index in [0.717, 1.165) is 5.56 Å². The molecule has 5 atom stereocenters. The number of alkyl halides is 1. The average molecular weight is 502 g/mol. The van der Waals surface area contributed by atoms with Gasteiger partial charge in [0.05, 0.1) is 19.1 Å². The summed E-state index contributed by atoms with van der Waals surface area (Å²) < 4.78 is 22.2. The Morgan fingerprint density at radius 3 is 2.47 bits per heavy atom. The Balaban J connectivity index is 1.58. The molecule has 7 nitrogen and oxygen atoms in total. The highest BCUT2D eigenvalue weighted by atomic mass is 35.5. The SMILES string of the molecule is COC(=O)C=CCC1C(=O)N2C1CC(Cl)([S+]([O-])c1ccccc1)C2C(=O)OCc1ccccc1. The van der Waals surface area contributed by atoms with Gasteiger partial charge in [0.25, 0.3) is 0 Å². The Morgan fingerprint density at radius 2 is 1.82 bits per heavy atom. The van der Waals surface area contributed by atoms with Crippen LogP contribution in [0.25, 0.3) is 0 Å². The Labute approximate surface area is 205 Å². The summed E-state index contributed by atoms with van der Waals surface area (Å²) in [5, 5.41) is 0. The van der Waals surface area contributed by atoms with Crippen LogP contribution in [0.2, 0.25) is 0 Å². The van der Waals surface area contributed by atoms with Gasteiger partial charge >= 0.3 is 11.9 Å². The lowest BCUT2D eigenvalue weighted by Gasteiger charge is -2.44. The topological polar surface area (TPSA) is 96.0 Å². The van der Waals surface area contributed by atoms with Crippen molar-refractivity contribution >= 4 is 40.6 Å². The molecule has 0 aliphatic carbocycles. The predicted molar refractivity (Wildman–Crippen MR) is 126 cm³/mol. The molecule has 1 amide bonds. The van der Waals surface area contributed by atoms with Crippen LogP contribution in [0, 0.1) is 5.92 Å². The fourth-order valence-corrected chi connectivity index (χ4v) is 6.60. The molecule has 2 aliphatic heterocycles. The molecule has 2 aliphatic rings. The number of β-lactam (4-membered cyclic amide) rings is 1. The van der Waals surface area contributed by atoms with E-state index in [1.54, 1.807) is 36.4 Å². The second-order valence-corrected chi connectivity index (χ2v) is 10.8. The minimum absolute atomic E-state index is 0.0130. The van der Waals surface area contributed by atoms with Gasteiger partial charge in [0.1, 0.15) is 6.61 Å². The average Bonchev–Trinajstić information content (AvgIpc) is 3.16. The number of ether oxygens (including phenoxy) is 2. The van der Waals surface area contributed by atoms with E-state index in [4.69, 9.17) is 16.3 Å². The lowest BCUT2D eigenvalue weighted by atomic mass is 9.85. The third-order valence-electron chi connectivity index (χ3n) is 6.13. The van der Waals surface area contributed by atoms with E-state index in [-0.39, 0.29) is 25.4 Å². The summed E-state index contributed by atoms with van der Waals surface area (Å²) in [4.78, 5) is 39.5. The maximum atomic E-state index is 13.6. The van der Waals surface area contributed by atoms with Crippen LogP contribution in [-0.4, -0.2) is 50.7 Å². The molecule has 9 heteroatoms. The number of halogens is 1. The standard InChI is InChI=1S/C25H24ClNO6S/c1-32-21(28)14-8-13-19-20-15-25(26,34(31)18-11-6-3-7-12-18)22(27(20)23(19)29)24(30)33-16-17-9-4-2-5-10-17/h2-12,14,19-20,22H,13,15-16H2,1H3. The van der Waals surface area contributed by atoms with Crippen LogP contribution in [0.1, 0.15) is 18.4 Å². The van der Waals surface area contributed by atoms with Crippen molar-refractivity contribution in [2.45, 2.75) is 40.6 Å². The zero-order valence-corrected chi connectivity index (χ0v) is 20.0. The van der Waals surface area contributed by atoms with Gasteiger partial charge in [0, 0.05) is 23.7 Å². The number of hydrogen-bond donors (Lipinski definition) is 0. The molecule has 178 valence electrons. The summed E-state index contributed by atoms with van der Waals surface area (Å²) in [7, 11) is 1.27. The minimum atomic E-state index is -1.79. The van der Waals surface area contributed by atoms with Crippen LogP contribution in [0.3, 0.4) is 0 Å². The van der Waals surface area contributed by atoms with Crippen LogP contribution in [-0.2, 0) is 41.6 Å². The Kier molecular flexibility index (Phi) is 7.30. The number of rotatable bonds is 8. The quantitative estimate of drug-likeness (QED) is 0.181. The number of carbonyl (C=O) groups excluding carboxylic acids is 3. The van der Waals surface area contributed by atoms with Crippen molar-refractivity contribution in [3.8, 4) is 0 Å². The van der Waals surface area contributed by atoms with Crippen LogP contribution in [0.5, 0.6) is 0 Å². The van der Waals surface area contributed by atoms with E-state index in [0.29, 0.717) is 4.90 Å². The second-order valence-electron chi connectivity index (χ2n) is 8.15. The number of allylic oxidation sites excluding steroid dienone is 1. The first-order chi connectivity index (χ1) is 16.4. The first kappa shape index (κ1) is 24.3. The smallest absolute Gasteiger partial charge is 0.336 e. The Hall–Kier alpha value is -2.81. The van der Waals surface area contributed by atoms with E-state index >= 15 is 0 Å². The number of nitrogens with zero attached hydrogens (tertiary/aromatic N) is 1. The monoisotopic (exact) mass is 501 g/mol. The van der Waals surface area contributed by atoms with Crippen molar-refractivity contribution in [1.29, 1.82) is 0 Å². The third kappa shape index (κ3) is 4.58. The van der Waals surface area contributed by atoms with E-state index in [1.807, 2.05) is 30.3 Å². The fraction of sp³-hybridized carbons (Fsp3) is 0.320. The van der Waals surface area contributed by atoms with Gasteiger partial charge in [-0.15, -0.1) is 0 Å². The van der Waals surface area contributed by atoms with Gasteiger partial charge in [-0.3, -0.25) is 4.79 Å². The predicted octanol–water partition coefficient (Wildman–Crippen LogP) is 3.19. The van der Waals surface area contributed by atoms with Gasteiger partial charge in [-0.2, -0.15) is 0 Å². The molecule has 34 heavy (non-hydrogen) atoms.